The highest BCUT2D eigenvalue weighted by Gasteiger charge is 2.13. The van der Waals surface area contributed by atoms with E-state index >= 15 is 0 Å². The number of hydrogen-bond acceptors (Lipinski definition) is 3. The van der Waals surface area contributed by atoms with E-state index in [4.69, 9.17) is 4.74 Å². The van der Waals surface area contributed by atoms with Crippen LogP contribution < -0.4 is 10.2 Å². The van der Waals surface area contributed by atoms with Crippen molar-refractivity contribution in [1.29, 1.82) is 0 Å². The van der Waals surface area contributed by atoms with Gasteiger partial charge in [-0.05, 0) is 58.7 Å². The fraction of sp³-hybridized carbons (Fsp3) is 0.381. The van der Waals surface area contributed by atoms with E-state index in [9.17, 15) is 4.79 Å². The van der Waals surface area contributed by atoms with E-state index in [1.54, 1.807) is 0 Å². The number of nitrogens with one attached hydrogen (secondary N) is 1. The molecule has 0 aromatic heterocycles. The molecule has 0 radical (unpaired) electrons. The van der Waals surface area contributed by atoms with Gasteiger partial charge in [-0.1, -0.05) is 51.1 Å². The largest absolute Gasteiger partial charge is 0.449 e. The molecule has 0 fully saturated rings. The van der Waals surface area contributed by atoms with Crippen LogP contribution in [0.5, 0.6) is 0 Å². The van der Waals surface area contributed by atoms with Crippen molar-refractivity contribution < 1.29 is 9.53 Å². The molecule has 2 aromatic rings. The zero-order valence-corrected chi connectivity index (χ0v) is 17.8. The van der Waals surface area contributed by atoms with Gasteiger partial charge >= 0.3 is 6.09 Å². The molecule has 1 N–H and O–H groups in total. The first-order valence-electron chi connectivity index (χ1n) is 9.01. The second kappa shape index (κ2) is 10.4. The van der Waals surface area contributed by atoms with Gasteiger partial charge in [0.05, 0.1) is 12.3 Å². The maximum Gasteiger partial charge on any atom is 0.411 e. The number of ether oxygens (including phenoxy) is 1. The molecule has 2 rings (SSSR count). The van der Waals surface area contributed by atoms with Gasteiger partial charge in [-0.3, -0.25) is 5.32 Å². The third kappa shape index (κ3) is 6.52. The van der Waals surface area contributed by atoms with Crippen LogP contribution in [0.2, 0.25) is 0 Å². The van der Waals surface area contributed by atoms with E-state index in [0.717, 1.165) is 34.5 Å². The summed E-state index contributed by atoms with van der Waals surface area (Å²) in [4.78, 5) is 14.2. The van der Waals surface area contributed by atoms with E-state index in [-0.39, 0.29) is 0 Å². The predicted molar refractivity (Wildman–Crippen MR) is 117 cm³/mol. The monoisotopic (exact) mass is 466 g/mol. The second-order valence-corrected chi connectivity index (χ2v) is 7.85. The highest BCUT2D eigenvalue weighted by molar-refractivity contribution is 14.1. The van der Waals surface area contributed by atoms with Crippen molar-refractivity contribution in [2.45, 2.75) is 33.7 Å². The number of benzene rings is 2. The highest BCUT2D eigenvalue weighted by Crippen LogP contribution is 2.27. The lowest BCUT2D eigenvalue weighted by Gasteiger charge is -2.27. The molecule has 0 aliphatic heterocycles. The van der Waals surface area contributed by atoms with Crippen molar-refractivity contribution in [3.63, 3.8) is 0 Å². The van der Waals surface area contributed by atoms with Crippen LogP contribution in [0.15, 0.2) is 48.5 Å². The topological polar surface area (TPSA) is 41.6 Å². The van der Waals surface area contributed by atoms with Crippen LogP contribution in [0.4, 0.5) is 16.2 Å². The zero-order chi connectivity index (χ0) is 18.9. The molecule has 0 unspecified atom stereocenters. The van der Waals surface area contributed by atoms with E-state index in [1.165, 1.54) is 5.56 Å². The number of halogens is 1. The Labute approximate surface area is 170 Å². The Balaban J connectivity index is 2.15. The van der Waals surface area contributed by atoms with Crippen LogP contribution in [0.25, 0.3) is 0 Å². The molecular formula is C21H27IN2O2. The maximum atomic E-state index is 11.8. The molecule has 0 bridgehead atoms. The SMILES string of the molecule is CCCOC(=O)Nc1ccc(N(Cc2ccccc2)CC(C)C)cc1I. The quantitative estimate of drug-likeness (QED) is 0.492. The van der Waals surface area contributed by atoms with Gasteiger partial charge in [0.15, 0.2) is 0 Å². The minimum Gasteiger partial charge on any atom is -0.449 e. The summed E-state index contributed by atoms with van der Waals surface area (Å²) in [7, 11) is 0. The second-order valence-electron chi connectivity index (χ2n) is 6.69. The van der Waals surface area contributed by atoms with Gasteiger partial charge in [0.1, 0.15) is 0 Å². The van der Waals surface area contributed by atoms with Gasteiger partial charge < -0.3 is 9.64 Å². The Bertz CT molecular complexity index is 704. The Morgan fingerprint density at radius 3 is 2.54 bits per heavy atom. The molecule has 5 heteroatoms. The first-order chi connectivity index (χ1) is 12.5. The van der Waals surface area contributed by atoms with E-state index in [2.05, 4.69) is 83.1 Å². The average Bonchev–Trinajstić information content (AvgIpc) is 2.61. The molecule has 0 saturated carbocycles. The summed E-state index contributed by atoms with van der Waals surface area (Å²) < 4.78 is 6.09. The molecule has 0 saturated heterocycles. The summed E-state index contributed by atoms with van der Waals surface area (Å²) in [6, 6.07) is 16.6. The van der Waals surface area contributed by atoms with Crippen LogP contribution in [-0.2, 0) is 11.3 Å². The Kier molecular flexibility index (Phi) is 8.22. The summed E-state index contributed by atoms with van der Waals surface area (Å²) in [6.45, 7) is 8.68. The summed E-state index contributed by atoms with van der Waals surface area (Å²) in [5.41, 5.74) is 3.22. The van der Waals surface area contributed by atoms with Crippen LogP contribution in [0, 0.1) is 9.49 Å². The summed E-state index contributed by atoms with van der Waals surface area (Å²) in [6.07, 6.45) is 0.411. The molecule has 0 aliphatic rings. The molecule has 26 heavy (non-hydrogen) atoms. The van der Waals surface area contributed by atoms with Gasteiger partial charge in [0, 0.05) is 22.3 Å². The number of carbonyl (C=O) groups excluding carboxylic acids is 1. The fourth-order valence-electron chi connectivity index (χ4n) is 2.65. The van der Waals surface area contributed by atoms with Crippen LogP contribution in [0.1, 0.15) is 32.8 Å². The summed E-state index contributed by atoms with van der Waals surface area (Å²) in [5.74, 6) is 0.554. The number of amides is 1. The van der Waals surface area contributed by atoms with Gasteiger partial charge in [-0.25, -0.2) is 4.79 Å². The summed E-state index contributed by atoms with van der Waals surface area (Å²) in [5, 5.41) is 2.81. The summed E-state index contributed by atoms with van der Waals surface area (Å²) >= 11 is 2.26. The van der Waals surface area contributed by atoms with E-state index < -0.39 is 6.09 Å². The van der Waals surface area contributed by atoms with E-state index in [1.807, 2.05) is 19.1 Å². The predicted octanol–water partition coefficient (Wildman–Crippen LogP) is 5.91. The van der Waals surface area contributed by atoms with Gasteiger partial charge in [0.25, 0.3) is 0 Å². The molecule has 4 nitrogen and oxygen atoms in total. The molecule has 2 aromatic carbocycles. The lowest BCUT2D eigenvalue weighted by atomic mass is 10.1. The van der Waals surface area contributed by atoms with Crippen LogP contribution in [-0.4, -0.2) is 19.2 Å². The number of rotatable bonds is 8. The minimum absolute atomic E-state index is 0.402. The van der Waals surface area contributed by atoms with Crippen molar-refractivity contribution in [3.05, 3.63) is 57.7 Å². The fourth-order valence-corrected chi connectivity index (χ4v) is 3.28. The van der Waals surface area contributed by atoms with Gasteiger partial charge in [-0.2, -0.15) is 0 Å². The molecule has 1 amide bonds. The normalized spacial score (nSPS) is 10.7. The Hall–Kier alpha value is -1.76. The van der Waals surface area contributed by atoms with Crippen LogP contribution in [0.3, 0.4) is 0 Å². The molecule has 0 spiro atoms. The number of nitrogens with zero attached hydrogens (tertiary/aromatic N) is 1. The molecule has 140 valence electrons. The van der Waals surface area contributed by atoms with Crippen molar-refractivity contribution in [3.8, 4) is 0 Å². The third-order valence-corrected chi connectivity index (χ3v) is 4.69. The lowest BCUT2D eigenvalue weighted by Crippen LogP contribution is -2.27. The van der Waals surface area contributed by atoms with Gasteiger partial charge in [-0.15, -0.1) is 0 Å². The Morgan fingerprint density at radius 1 is 1.19 bits per heavy atom. The zero-order valence-electron chi connectivity index (χ0n) is 15.7. The number of anilines is 2. The molecular weight excluding hydrogens is 439 g/mol. The third-order valence-electron chi connectivity index (χ3n) is 3.79. The average molecular weight is 466 g/mol. The van der Waals surface area contributed by atoms with Gasteiger partial charge in [0.2, 0.25) is 0 Å². The van der Waals surface area contributed by atoms with Crippen molar-refractivity contribution in [1.82, 2.24) is 0 Å². The van der Waals surface area contributed by atoms with Crippen molar-refractivity contribution in [2.24, 2.45) is 5.92 Å². The molecule has 0 atom stereocenters. The maximum absolute atomic E-state index is 11.8. The highest BCUT2D eigenvalue weighted by atomic mass is 127. The number of carbonyl (C=O) groups is 1. The van der Waals surface area contributed by atoms with Crippen molar-refractivity contribution >= 4 is 40.1 Å². The number of hydrogen-bond donors (Lipinski definition) is 1. The lowest BCUT2D eigenvalue weighted by molar-refractivity contribution is 0.161. The first-order valence-corrected chi connectivity index (χ1v) is 10.1. The molecule has 0 heterocycles. The smallest absolute Gasteiger partial charge is 0.411 e. The first kappa shape index (κ1) is 20.6. The molecule has 0 aliphatic carbocycles. The Morgan fingerprint density at radius 2 is 1.92 bits per heavy atom. The minimum atomic E-state index is -0.402. The van der Waals surface area contributed by atoms with Crippen LogP contribution >= 0.6 is 22.6 Å². The van der Waals surface area contributed by atoms with Crippen molar-refractivity contribution in [2.75, 3.05) is 23.4 Å². The van der Waals surface area contributed by atoms with E-state index in [0.29, 0.717) is 12.5 Å². The standard InChI is InChI=1S/C21H27IN2O2/c1-4-12-26-21(25)23-20-11-10-18(13-19(20)22)24(14-16(2)3)15-17-8-6-5-7-9-17/h5-11,13,16H,4,12,14-15H2,1-3H3,(H,23,25).